The van der Waals surface area contributed by atoms with Crippen molar-refractivity contribution in [1.29, 1.82) is 0 Å². The van der Waals surface area contributed by atoms with Gasteiger partial charge in [-0.25, -0.2) is 4.79 Å². The number of hydrogen-bond acceptors (Lipinski definition) is 6. The Kier molecular flexibility index (Phi) is 4.80. The highest BCUT2D eigenvalue weighted by atomic mass is 35.5. The van der Waals surface area contributed by atoms with Crippen LogP contribution in [0.1, 0.15) is 6.42 Å². The number of nitrogens with zero attached hydrogens (tertiary/aromatic N) is 3. The molecule has 1 saturated heterocycles. The van der Waals surface area contributed by atoms with Gasteiger partial charge in [-0.05, 0) is 12.5 Å². The molecule has 0 spiro atoms. The average molecular weight is 341 g/mol. The molecule has 4 amide bonds. The van der Waals surface area contributed by atoms with E-state index in [4.69, 9.17) is 11.6 Å². The lowest BCUT2D eigenvalue weighted by molar-refractivity contribution is -0.384. The number of amides is 4. The first-order valence-electron chi connectivity index (χ1n) is 6.64. The Balaban J connectivity index is 1.87. The second kappa shape index (κ2) is 6.61. The van der Waals surface area contributed by atoms with Crippen molar-refractivity contribution in [3.05, 3.63) is 33.3 Å². The van der Waals surface area contributed by atoms with Crippen LogP contribution >= 0.6 is 11.6 Å². The van der Waals surface area contributed by atoms with Gasteiger partial charge in [0.15, 0.2) is 0 Å². The van der Waals surface area contributed by atoms with Crippen molar-refractivity contribution in [1.82, 2.24) is 9.80 Å². The van der Waals surface area contributed by atoms with Gasteiger partial charge in [0.05, 0.1) is 15.6 Å². The summed E-state index contributed by atoms with van der Waals surface area (Å²) in [7, 11) is 1.25. The molecule has 122 valence electrons. The number of rotatable bonds is 6. The molecule has 1 aromatic carbocycles. The molecule has 2 rings (SSSR count). The van der Waals surface area contributed by atoms with E-state index >= 15 is 0 Å². The third-order valence-electron chi connectivity index (χ3n) is 3.29. The molecule has 0 radical (unpaired) electrons. The first-order valence-corrected chi connectivity index (χ1v) is 7.02. The Hall–Kier alpha value is -2.68. The highest BCUT2D eigenvalue weighted by Gasteiger charge is 2.41. The third kappa shape index (κ3) is 3.39. The van der Waals surface area contributed by atoms with E-state index in [1.54, 1.807) is 0 Å². The fourth-order valence-electron chi connectivity index (χ4n) is 2.03. The van der Waals surface area contributed by atoms with Crippen LogP contribution in [-0.4, -0.2) is 52.7 Å². The number of imide groups is 2. The van der Waals surface area contributed by atoms with Crippen molar-refractivity contribution in [3.8, 4) is 0 Å². The molecule has 1 heterocycles. The van der Waals surface area contributed by atoms with Crippen LogP contribution in [0, 0.1) is 10.1 Å². The maximum atomic E-state index is 11.7. The quantitative estimate of drug-likeness (QED) is 0.276. The normalized spacial score (nSPS) is 14.6. The Bertz CT molecular complexity index is 693. The van der Waals surface area contributed by atoms with Crippen LogP contribution in [0.5, 0.6) is 0 Å². The van der Waals surface area contributed by atoms with Crippen LogP contribution in [-0.2, 0) is 9.59 Å². The van der Waals surface area contributed by atoms with Gasteiger partial charge in [0.1, 0.15) is 0 Å². The zero-order valence-corrected chi connectivity index (χ0v) is 12.9. The Morgan fingerprint density at radius 3 is 2.48 bits per heavy atom. The maximum absolute atomic E-state index is 11.7. The van der Waals surface area contributed by atoms with E-state index in [-0.39, 0.29) is 17.3 Å². The maximum Gasteiger partial charge on any atom is 0.333 e. The molecule has 1 fully saturated rings. The number of anilines is 1. The largest absolute Gasteiger partial charge is 0.384 e. The summed E-state index contributed by atoms with van der Waals surface area (Å²) in [5.41, 5.74) is 0.389. The van der Waals surface area contributed by atoms with Gasteiger partial charge in [-0.3, -0.25) is 29.5 Å². The van der Waals surface area contributed by atoms with Gasteiger partial charge in [0.25, 0.3) is 5.69 Å². The second-order valence-electron chi connectivity index (χ2n) is 4.81. The van der Waals surface area contributed by atoms with Crippen molar-refractivity contribution in [3.63, 3.8) is 0 Å². The summed E-state index contributed by atoms with van der Waals surface area (Å²) in [4.78, 5) is 46.2. The third-order valence-corrected chi connectivity index (χ3v) is 3.60. The monoisotopic (exact) mass is 340 g/mol. The van der Waals surface area contributed by atoms with E-state index in [9.17, 15) is 24.5 Å². The molecule has 1 aliphatic heterocycles. The molecular formula is C13H13ClN4O5. The molecule has 1 N–H and O–H groups in total. The van der Waals surface area contributed by atoms with Crippen LogP contribution < -0.4 is 5.32 Å². The number of halogens is 1. The molecule has 0 aliphatic carbocycles. The molecular weight excluding hydrogens is 328 g/mol. The van der Waals surface area contributed by atoms with E-state index in [0.717, 1.165) is 9.80 Å². The molecule has 0 aromatic heterocycles. The second-order valence-corrected chi connectivity index (χ2v) is 5.21. The standard InChI is InChI=1S/C13H13ClN4O5/c1-16-11(19)12(20)17(13(16)21)6-2-5-15-10-4-3-8(18(22)23)7-9(10)14/h3-4,7,15H,2,5-6H2,1H3. The summed E-state index contributed by atoms with van der Waals surface area (Å²) >= 11 is 5.93. The van der Waals surface area contributed by atoms with Crippen molar-refractivity contribution in [2.45, 2.75) is 6.42 Å². The van der Waals surface area contributed by atoms with Crippen LogP contribution in [0.15, 0.2) is 18.2 Å². The molecule has 0 atom stereocenters. The van der Waals surface area contributed by atoms with E-state index in [1.807, 2.05) is 0 Å². The Morgan fingerprint density at radius 2 is 1.96 bits per heavy atom. The van der Waals surface area contributed by atoms with Crippen molar-refractivity contribution >= 4 is 40.8 Å². The van der Waals surface area contributed by atoms with Crippen molar-refractivity contribution in [2.75, 3.05) is 25.5 Å². The van der Waals surface area contributed by atoms with Crippen LogP contribution in [0.25, 0.3) is 0 Å². The minimum absolute atomic E-state index is 0.0886. The van der Waals surface area contributed by atoms with Gasteiger partial charge >= 0.3 is 17.8 Å². The predicted molar refractivity (Wildman–Crippen MR) is 81.1 cm³/mol. The lowest BCUT2D eigenvalue weighted by Crippen LogP contribution is -2.33. The van der Waals surface area contributed by atoms with Crippen LogP contribution in [0.2, 0.25) is 5.02 Å². The highest BCUT2D eigenvalue weighted by Crippen LogP contribution is 2.26. The first-order chi connectivity index (χ1) is 10.8. The highest BCUT2D eigenvalue weighted by molar-refractivity contribution is 6.44. The molecule has 0 unspecified atom stereocenters. The zero-order valence-electron chi connectivity index (χ0n) is 12.1. The van der Waals surface area contributed by atoms with Crippen LogP contribution in [0.3, 0.4) is 0 Å². The van der Waals surface area contributed by atoms with Gasteiger partial charge < -0.3 is 5.32 Å². The summed E-state index contributed by atoms with van der Waals surface area (Å²) in [6.45, 7) is 0.456. The predicted octanol–water partition coefficient (Wildman–Crippen LogP) is 1.47. The number of urea groups is 1. The number of benzene rings is 1. The van der Waals surface area contributed by atoms with Gasteiger partial charge in [0.2, 0.25) is 0 Å². The Labute approximate surface area is 135 Å². The van der Waals surface area contributed by atoms with Crippen molar-refractivity contribution < 1.29 is 19.3 Å². The summed E-state index contributed by atoms with van der Waals surface area (Å²) in [5.74, 6) is -1.69. The van der Waals surface area contributed by atoms with E-state index in [2.05, 4.69) is 5.32 Å². The number of nitro groups is 1. The molecule has 1 aromatic rings. The lowest BCUT2D eigenvalue weighted by atomic mass is 10.2. The topological polar surface area (TPSA) is 113 Å². The number of non-ortho nitro benzene ring substituents is 1. The summed E-state index contributed by atoms with van der Waals surface area (Å²) < 4.78 is 0. The number of likely N-dealkylation sites (N-methyl/N-ethyl adjacent to an activating group) is 1. The number of carbonyl (C=O) groups excluding carboxylic acids is 3. The summed E-state index contributed by atoms with van der Waals surface area (Å²) in [5, 5.41) is 13.8. The van der Waals surface area contributed by atoms with Gasteiger partial charge in [0, 0.05) is 32.3 Å². The van der Waals surface area contributed by atoms with Crippen molar-refractivity contribution in [2.24, 2.45) is 0 Å². The van der Waals surface area contributed by atoms with Gasteiger partial charge in [-0.15, -0.1) is 0 Å². The molecule has 23 heavy (non-hydrogen) atoms. The molecule has 10 heteroatoms. The SMILES string of the molecule is CN1C(=O)C(=O)N(CCCNc2ccc([N+](=O)[O-])cc2Cl)C1=O. The minimum Gasteiger partial charge on any atom is -0.384 e. The fourth-order valence-corrected chi connectivity index (χ4v) is 2.27. The first kappa shape index (κ1) is 16.7. The Morgan fingerprint density at radius 1 is 1.26 bits per heavy atom. The summed E-state index contributed by atoms with van der Waals surface area (Å²) in [6, 6.07) is 3.37. The van der Waals surface area contributed by atoms with E-state index < -0.39 is 22.8 Å². The number of nitro benzene ring substituents is 1. The molecule has 0 saturated carbocycles. The van der Waals surface area contributed by atoms with E-state index in [1.165, 1.54) is 25.2 Å². The van der Waals surface area contributed by atoms with Crippen LogP contribution in [0.4, 0.5) is 16.2 Å². The smallest absolute Gasteiger partial charge is 0.333 e. The molecule has 9 nitrogen and oxygen atoms in total. The molecule has 0 bridgehead atoms. The summed E-state index contributed by atoms with van der Waals surface area (Å²) in [6.07, 6.45) is 0.395. The van der Waals surface area contributed by atoms with Gasteiger partial charge in [-0.1, -0.05) is 11.6 Å². The fraction of sp³-hybridized carbons (Fsp3) is 0.308. The number of carbonyl (C=O) groups is 3. The van der Waals surface area contributed by atoms with E-state index in [0.29, 0.717) is 18.7 Å². The lowest BCUT2D eigenvalue weighted by Gasteiger charge is -2.13. The van der Waals surface area contributed by atoms with Gasteiger partial charge in [-0.2, -0.15) is 0 Å². The minimum atomic E-state index is -0.846. The number of hydrogen-bond donors (Lipinski definition) is 1. The average Bonchev–Trinajstić information content (AvgIpc) is 2.69. The zero-order chi connectivity index (χ0) is 17.1. The molecule has 1 aliphatic rings. The number of nitrogens with one attached hydrogen (secondary N) is 1.